The van der Waals surface area contributed by atoms with E-state index in [4.69, 9.17) is 5.11 Å². The summed E-state index contributed by atoms with van der Waals surface area (Å²) < 4.78 is 0. The predicted octanol–water partition coefficient (Wildman–Crippen LogP) is 1.47. The summed E-state index contributed by atoms with van der Waals surface area (Å²) in [4.78, 5) is 2.54. The Morgan fingerprint density at radius 2 is 1.94 bits per heavy atom. The summed E-state index contributed by atoms with van der Waals surface area (Å²) in [5.74, 6) is 0. The molecule has 1 rings (SSSR count). The minimum absolute atomic E-state index is 0.289. The van der Waals surface area contributed by atoms with Crippen LogP contribution in [0.1, 0.15) is 40.0 Å². The van der Waals surface area contributed by atoms with E-state index < -0.39 is 0 Å². The molecule has 2 N–H and O–H groups in total. The van der Waals surface area contributed by atoms with E-state index in [9.17, 15) is 0 Å². The molecule has 1 fully saturated rings. The van der Waals surface area contributed by atoms with Crippen molar-refractivity contribution in [2.45, 2.75) is 46.1 Å². The van der Waals surface area contributed by atoms with Gasteiger partial charge in [-0.05, 0) is 44.3 Å². The molecule has 1 atom stereocenters. The first kappa shape index (κ1) is 13.9. The molecule has 0 saturated carbocycles. The van der Waals surface area contributed by atoms with E-state index in [1.165, 1.54) is 25.9 Å². The average Bonchev–Trinajstić information content (AvgIpc) is 2.22. The average molecular weight is 228 g/mol. The fraction of sp³-hybridized carbons (Fsp3) is 1.00. The fourth-order valence-electron chi connectivity index (χ4n) is 2.36. The van der Waals surface area contributed by atoms with Crippen LogP contribution in [-0.4, -0.2) is 48.8 Å². The van der Waals surface area contributed by atoms with Crippen molar-refractivity contribution in [1.82, 2.24) is 10.2 Å². The molecule has 1 unspecified atom stereocenters. The SMILES string of the molecule is CCNC(CCO)CN1CCC(C)(C)CC1. The number of aliphatic hydroxyl groups is 1. The van der Waals surface area contributed by atoms with Crippen molar-refractivity contribution in [3.8, 4) is 0 Å². The van der Waals surface area contributed by atoms with Crippen molar-refractivity contribution in [2.24, 2.45) is 5.41 Å². The standard InChI is InChI=1S/C13H28N2O/c1-4-14-12(5-10-16)11-15-8-6-13(2,3)7-9-15/h12,14,16H,4-11H2,1-3H3. The van der Waals surface area contributed by atoms with Crippen molar-refractivity contribution in [3.05, 3.63) is 0 Å². The molecule has 0 aromatic carbocycles. The second kappa shape index (κ2) is 6.58. The van der Waals surface area contributed by atoms with Crippen molar-refractivity contribution in [2.75, 3.05) is 32.8 Å². The lowest BCUT2D eigenvalue weighted by molar-refractivity contribution is 0.117. The first-order valence-electron chi connectivity index (χ1n) is 6.64. The minimum atomic E-state index is 0.289. The van der Waals surface area contributed by atoms with Crippen molar-refractivity contribution < 1.29 is 5.11 Å². The van der Waals surface area contributed by atoms with E-state index in [0.29, 0.717) is 11.5 Å². The number of likely N-dealkylation sites (tertiary alicyclic amines) is 1. The molecule has 0 aliphatic carbocycles. The highest BCUT2D eigenvalue weighted by molar-refractivity contribution is 4.81. The Morgan fingerprint density at radius 3 is 2.44 bits per heavy atom. The van der Waals surface area contributed by atoms with Crippen molar-refractivity contribution >= 4 is 0 Å². The van der Waals surface area contributed by atoms with Crippen molar-refractivity contribution in [3.63, 3.8) is 0 Å². The van der Waals surface area contributed by atoms with Crippen LogP contribution >= 0.6 is 0 Å². The minimum Gasteiger partial charge on any atom is -0.396 e. The lowest BCUT2D eigenvalue weighted by atomic mass is 9.82. The molecule has 0 aromatic heterocycles. The van der Waals surface area contributed by atoms with Gasteiger partial charge in [0.25, 0.3) is 0 Å². The first-order chi connectivity index (χ1) is 7.57. The van der Waals surface area contributed by atoms with Gasteiger partial charge < -0.3 is 15.3 Å². The number of piperidine rings is 1. The van der Waals surface area contributed by atoms with Crippen LogP contribution in [0.25, 0.3) is 0 Å². The zero-order valence-corrected chi connectivity index (χ0v) is 11.1. The lowest BCUT2D eigenvalue weighted by Crippen LogP contribution is -2.46. The van der Waals surface area contributed by atoms with Gasteiger partial charge in [0, 0.05) is 19.2 Å². The van der Waals surface area contributed by atoms with Crippen LogP contribution < -0.4 is 5.32 Å². The van der Waals surface area contributed by atoms with Gasteiger partial charge in [0.2, 0.25) is 0 Å². The van der Waals surface area contributed by atoms with Crippen LogP contribution in [0.3, 0.4) is 0 Å². The Kier molecular flexibility index (Phi) is 5.73. The summed E-state index contributed by atoms with van der Waals surface area (Å²) in [6.45, 7) is 11.6. The largest absolute Gasteiger partial charge is 0.396 e. The molecule has 3 nitrogen and oxygen atoms in total. The Labute approximate surface area is 100 Å². The molecule has 96 valence electrons. The van der Waals surface area contributed by atoms with Gasteiger partial charge in [-0.3, -0.25) is 0 Å². The Morgan fingerprint density at radius 1 is 1.31 bits per heavy atom. The van der Waals surface area contributed by atoms with Crippen LogP contribution in [0.5, 0.6) is 0 Å². The van der Waals surface area contributed by atoms with Crippen LogP contribution in [0.15, 0.2) is 0 Å². The van der Waals surface area contributed by atoms with Gasteiger partial charge in [-0.1, -0.05) is 20.8 Å². The summed E-state index contributed by atoms with van der Waals surface area (Å²) in [6, 6.07) is 0.455. The van der Waals surface area contributed by atoms with E-state index in [-0.39, 0.29) is 6.61 Å². The van der Waals surface area contributed by atoms with Crippen LogP contribution in [0.2, 0.25) is 0 Å². The number of aliphatic hydroxyl groups excluding tert-OH is 1. The molecule has 0 aromatic rings. The summed E-state index contributed by atoms with van der Waals surface area (Å²) in [6.07, 6.45) is 3.46. The van der Waals surface area contributed by atoms with Gasteiger partial charge in [-0.25, -0.2) is 0 Å². The number of rotatable bonds is 6. The van der Waals surface area contributed by atoms with Crippen LogP contribution in [-0.2, 0) is 0 Å². The molecule has 0 amide bonds. The van der Waals surface area contributed by atoms with E-state index >= 15 is 0 Å². The molecular formula is C13H28N2O. The fourth-order valence-corrected chi connectivity index (χ4v) is 2.36. The molecule has 1 aliphatic rings. The zero-order valence-electron chi connectivity index (χ0n) is 11.1. The molecule has 0 bridgehead atoms. The molecule has 1 heterocycles. The van der Waals surface area contributed by atoms with Gasteiger partial charge in [0.1, 0.15) is 0 Å². The maximum Gasteiger partial charge on any atom is 0.0446 e. The topological polar surface area (TPSA) is 35.5 Å². The number of hydrogen-bond acceptors (Lipinski definition) is 3. The monoisotopic (exact) mass is 228 g/mol. The maximum atomic E-state index is 9.02. The zero-order chi connectivity index (χ0) is 12.0. The second-order valence-electron chi connectivity index (χ2n) is 5.73. The third kappa shape index (κ3) is 4.81. The van der Waals surface area contributed by atoms with Crippen molar-refractivity contribution in [1.29, 1.82) is 0 Å². The van der Waals surface area contributed by atoms with Crippen LogP contribution in [0.4, 0.5) is 0 Å². The van der Waals surface area contributed by atoms with E-state index in [1.807, 2.05) is 0 Å². The van der Waals surface area contributed by atoms with Gasteiger partial charge in [-0.2, -0.15) is 0 Å². The maximum absolute atomic E-state index is 9.02. The number of likely N-dealkylation sites (N-methyl/N-ethyl adjacent to an activating group) is 1. The number of nitrogens with one attached hydrogen (secondary N) is 1. The summed E-state index contributed by atoms with van der Waals surface area (Å²) in [5.41, 5.74) is 0.529. The molecule has 1 saturated heterocycles. The lowest BCUT2D eigenvalue weighted by Gasteiger charge is -2.38. The first-order valence-corrected chi connectivity index (χ1v) is 6.64. The molecule has 3 heteroatoms. The van der Waals surface area contributed by atoms with Gasteiger partial charge >= 0.3 is 0 Å². The van der Waals surface area contributed by atoms with Gasteiger partial charge in [-0.15, -0.1) is 0 Å². The smallest absolute Gasteiger partial charge is 0.0446 e. The number of hydrogen-bond donors (Lipinski definition) is 2. The Balaban J connectivity index is 2.30. The second-order valence-corrected chi connectivity index (χ2v) is 5.73. The quantitative estimate of drug-likeness (QED) is 0.722. The Hall–Kier alpha value is -0.120. The summed E-state index contributed by atoms with van der Waals surface area (Å²) in [7, 11) is 0. The predicted molar refractivity (Wildman–Crippen MR) is 68.6 cm³/mol. The summed E-state index contributed by atoms with van der Waals surface area (Å²) in [5, 5.41) is 12.5. The molecule has 0 radical (unpaired) electrons. The van der Waals surface area contributed by atoms with E-state index in [1.54, 1.807) is 0 Å². The Bertz CT molecular complexity index is 178. The summed E-state index contributed by atoms with van der Waals surface area (Å²) >= 11 is 0. The normalized spacial score (nSPS) is 23.2. The molecule has 1 aliphatic heterocycles. The third-order valence-electron chi connectivity index (χ3n) is 3.66. The van der Waals surface area contributed by atoms with Gasteiger partial charge in [0.05, 0.1) is 0 Å². The highest BCUT2D eigenvalue weighted by Gasteiger charge is 2.26. The molecule has 0 spiro atoms. The van der Waals surface area contributed by atoms with Gasteiger partial charge in [0.15, 0.2) is 0 Å². The number of nitrogens with zero attached hydrogens (tertiary/aromatic N) is 1. The third-order valence-corrected chi connectivity index (χ3v) is 3.66. The molecule has 16 heavy (non-hydrogen) atoms. The van der Waals surface area contributed by atoms with Crippen LogP contribution in [0, 0.1) is 5.41 Å². The highest BCUT2D eigenvalue weighted by atomic mass is 16.3. The molecular weight excluding hydrogens is 200 g/mol. The van der Waals surface area contributed by atoms with E-state index in [2.05, 4.69) is 31.0 Å². The highest BCUT2D eigenvalue weighted by Crippen LogP contribution is 2.29. The van der Waals surface area contributed by atoms with E-state index in [0.717, 1.165) is 19.5 Å².